The van der Waals surface area contributed by atoms with Crippen molar-refractivity contribution in [1.82, 2.24) is 10.2 Å². The van der Waals surface area contributed by atoms with E-state index in [1.54, 1.807) is 18.2 Å². The molecule has 0 heterocycles. The number of benzene rings is 2. The van der Waals surface area contributed by atoms with Gasteiger partial charge in [-0.2, -0.15) is 0 Å². The molecule has 2 aromatic rings. The molecule has 9 heteroatoms. The summed E-state index contributed by atoms with van der Waals surface area (Å²) in [6.45, 7) is 11.1. The van der Waals surface area contributed by atoms with Crippen molar-refractivity contribution in [3.8, 4) is 0 Å². The van der Waals surface area contributed by atoms with Crippen LogP contribution in [0.15, 0.2) is 46.9 Å². The highest BCUT2D eigenvalue weighted by Crippen LogP contribution is 2.25. The molecule has 2 rings (SSSR count). The predicted molar refractivity (Wildman–Crippen MR) is 145 cm³/mol. The summed E-state index contributed by atoms with van der Waals surface area (Å²) in [5.41, 5.74) is 2.64. The summed E-state index contributed by atoms with van der Waals surface area (Å²) in [5.74, 6) is -0.720. The molecule has 2 amide bonds. The van der Waals surface area contributed by atoms with Crippen LogP contribution in [0.4, 0.5) is 5.69 Å². The monoisotopic (exact) mass is 565 g/mol. The fraction of sp³-hybridized carbons (Fsp3) is 0.462. The Morgan fingerprint density at radius 3 is 2.20 bits per heavy atom. The molecule has 1 unspecified atom stereocenters. The van der Waals surface area contributed by atoms with Crippen molar-refractivity contribution >= 4 is 43.5 Å². The average Bonchev–Trinajstić information content (AvgIpc) is 2.73. The van der Waals surface area contributed by atoms with E-state index < -0.39 is 34.1 Å². The van der Waals surface area contributed by atoms with E-state index in [0.29, 0.717) is 12.1 Å². The molecule has 35 heavy (non-hydrogen) atoms. The Balaban J connectivity index is 2.49. The lowest BCUT2D eigenvalue weighted by molar-refractivity contribution is -0.141. The molecule has 2 aromatic carbocycles. The Labute approximate surface area is 218 Å². The van der Waals surface area contributed by atoms with E-state index in [0.717, 1.165) is 31.7 Å². The van der Waals surface area contributed by atoms with Gasteiger partial charge in [-0.1, -0.05) is 47.1 Å². The zero-order valence-corrected chi connectivity index (χ0v) is 24.0. The van der Waals surface area contributed by atoms with Gasteiger partial charge in [-0.15, -0.1) is 0 Å². The summed E-state index contributed by atoms with van der Waals surface area (Å²) in [7, 11) is -3.77. The highest BCUT2D eigenvalue weighted by atomic mass is 79.9. The van der Waals surface area contributed by atoms with Crippen LogP contribution >= 0.6 is 15.9 Å². The van der Waals surface area contributed by atoms with Crippen LogP contribution < -0.4 is 9.62 Å². The van der Waals surface area contributed by atoms with E-state index in [-0.39, 0.29) is 12.5 Å². The minimum absolute atomic E-state index is 0.193. The third-order valence-electron chi connectivity index (χ3n) is 5.59. The Bertz CT molecular complexity index is 1180. The molecule has 0 aliphatic carbocycles. The summed E-state index contributed by atoms with van der Waals surface area (Å²) in [6.07, 6.45) is 1.46. The smallest absolute Gasteiger partial charge is 0.244 e. The molecule has 0 bridgehead atoms. The van der Waals surface area contributed by atoms with Gasteiger partial charge in [-0.05, 0) is 75.9 Å². The minimum Gasteiger partial charge on any atom is -0.350 e. The number of aryl methyl sites for hydroxylation is 2. The maximum absolute atomic E-state index is 13.7. The molecule has 0 saturated carbocycles. The normalized spacial score (nSPS) is 12.7. The maximum Gasteiger partial charge on any atom is 0.244 e. The largest absolute Gasteiger partial charge is 0.350 e. The lowest BCUT2D eigenvalue weighted by atomic mass is 10.0. The van der Waals surface area contributed by atoms with Gasteiger partial charge < -0.3 is 10.2 Å². The van der Waals surface area contributed by atoms with Crippen LogP contribution in [0, 0.1) is 13.8 Å². The summed E-state index contributed by atoms with van der Waals surface area (Å²) in [4.78, 5) is 28.4. The third kappa shape index (κ3) is 8.07. The number of halogens is 1. The van der Waals surface area contributed by atoms with E-state index in [9.17, 15) is 18.0 Å². The molecule has 0 aliphatic rings. The highest BCUT2D eigenvalue weighted by molar-refractivity contribution is 9.10. The van der Waals surface area contributed by atoms with Gasteiger partial charge in [0.25, 0.3) is 0 Å². The van der Waals surface area contributed by atoms with Gasteiger partial charge in [0, 0.05) is 16.6 Å². The molecule has 1 atom stereocenters. The van der Waals surface area contributed by atoms with Gasteiger partial charge in [-0.3, -0.25) is 13.9 Å². The second kappa shape index (κ2) is 11.6. The van der Waals surface area contributed by atoms with E-state index in [1.807, 2.05) is 65.8 Å². The first-order chi connectivity index (χ1) is 16.1. The number of nitrogens with one attached hydrogen (secondary N) is 1. The molecular formula is C26H36BrN3O4S. The van der Waals surface area contributed by atoms with Gasteiger partial charge in [0.05, 0.1) is 11.9 Å². The molecule has 0 aromatic heterocycles. The van der Waals surface area contributed by atoms with Crippen LogP contribution in [0.25, 0.3) is 0 Å². The Morgan fingerprint density at radius 2 is 1.69 bits per heavy atom. The topological polar surface area (TPSA) is 86.8 Å². The number of sulfonamides is 1. The van der Waals surface area contributed by atoms with Crippen LogP contribution in [0.1, 0.15) is 50.8 Å². The quantitative estimate of drug-likeness (QED) is 0.483. The molecule has 1 N–H and O–H groups in total. The summed E-state index contributed by atoms with van der Waals surface area (Å²) >= 11 is 3.43. The SMILES string of the molecule is CCC(C(=O)NC(C)(C)C)N(Cc1ccccc1C)C(=O)CN(c1ccc(Br)c(C)c1)S(C)(=O)=O. The Morgan fingerprint density at radius 1 is 1.06 bits per heavy atom. The summed E-state index contributed by atoms with van der Waals surface area (Å²) < 4.78 is 27.4. The zero-order chi connectivity index (χ0) is 26.6. The van der Waals surface area contributed by atoms with Crippen molar-refractivity contribution in [3.05, 3.63) is 63.6 Å². The standard InChI is InChI=1S/C26H36BrN3O4S/c1-8-23(25(32)28-26(4,5)6)29(16-20-12-10-9-11-18(20)2)24(31)17-30(35(7,33)34)21-13-14-22(27)19(3)15-21/h9-15,23H,8,16-17H2,1-7H3,(H,28,32). The number of anilines is 1. The van der Waals surface area contributed by atoms with Crippen LogP contribution in [-0.2, 0) is 26.2 Å². The Hall–Kier alpha value is -2.39. The van der Waals surface area contributed by atoms with E-state index >= 15 is 0 Å². The number of hydrogen-bond acceptors (Lipinski definition) is 4. The van der Waals surface area contributed by atoms with Crippen molar-refractivity contribution in [2.45, 2.75) is 66.1 Å². The molecule has 7 nitrogen and oxygen atoms in total. The van der Waals surface area contributed by atoms with Crippen molar-refractivity contribution in [2.75, 3.05) is 17.1 Å². The van der Waals surface area contributed by atoms with Crippen molar-refractivity contribution in [2.24, 2.45) is 0 Å². The van der Waals surface area contributed by atoms with Gasteiger partial charge in [0.2, 0.25) is 21.8 Å². The maximum atomic E-state index is 13.7. The van der Waals surface area contributed by atoms with Crippen LogP contribution in [-0.4, -0.2) is 49.5 Å². The molecular weight excluding hydrogens is 530 g/mol. The molecule has 0 aliphatic heterocycles. The average molecular weight is 567 g/mol. The first-order valence-electron chi connectivity index (χ1n) is 11.5. The van der Waals surface area contributed by atoms with Gasteiger partial charge in [0.15, 0.2) is 0 Å². The first-order valence-corrected chi connectivity index (χ1v) is 14.2. The number of hydrogen-bond donors (Lipinski definition) is 1. The van der Waals surface area contributed by atoms with Crippen LogP contribution in [0.5, 0.6) is 0 Å². The van der Waals surface area contributed by atoms with E-state index in [1.165, 1.54) is 4.90 Å². The zero-order valence-electron chi connectivity index (χ0n) is 21.6. The van der Waals surface area contributed by atoms with Crippen molar-refractivity contribution < 1.29 is 18.0 Å². The lowest BCUT2D eigenvalue weighted by Crippen LogP contribution is -2.55. The highest BCUT2D eigenvalue weighted by Gasteiger charge is 2.33. The van der Waals surface area contributed by atoms with Crippen molar-refractivity contribution in [3.63, 3.8) is 0 Å². The lowest BCUT2D eigenvalue weighted by Gasteiger charge is -2.34. The number of rotatable bonds is 9. The fourth-order valence-electron chi connectivity index (χ4n) is 3.74. The first kappa shape index (κ1) is 28.8. The number of carbonyl (C=O) groups is 2. The molecule has 192 valence electrons. The van der Waals surface area contributed by atoms with E-state index in [2.05, 4.69) is 21.2 Å². The van der Waals surface area contributed by atoms with Crippen LogP contribution in [0.3, 0.4) is 0 Å². The third-order valence-corrected chi connectivity index (χ3v) is 7.63. The molecule has 0 spiro atoms. The summed E-state index contributed by atoms with van der Waals surface area (Å²) in [5, 5.41) is 2.96. The molecule has 0 radical (unpaired) electrons. The van der Waals surface area contributed by atoms with Gasteiger partial charge >= 0.3 is 0 Å². The number of amides is 2. The second-order valence-corrected chi connectivity index (χ2v) is 12.6. The predicted octanol–water partition coefficient (Wildman–Crippen LogP) is 4.55. The van der Waals surface area contributed by atoms with Gasteiger partial charge in [-0.25, -0.2) is 8.42 Å². The molecule has 0 fully saturated rings. The number of nitrogens with zero attached hydrogens (tertiary/aromatic N) is 2. The second-order valence-electron chi connectivity index (χ2n) is 9.81. The molecule has 0 saturated heterocycles. The fourth-order valence-corrected chi connectivity index (χ4v) is 4.83. The van der Waals surface area contributed by atoms with Gasteiger partial charge in [0.1, 0.15) is 12.6 Å². The summed E-state index contributed by atoms with van der Waals surface area (Å²) in [6, 6.07) is 12.0. The minimum atomic E-state index is -3.77. The Kier molecular flexibility index (Phi) is 9.53. The number of carbonyl (C=O) groups excluding carboxylic acids is 2. The van der Waals surface area contributed by atoms with E-state index in [4.69, 9.17) is 0 Å². The van der Waals surface area contributed by atoms with Crippen molar-refractivity contribution in [1.29, 1.82) is 0 Å². The van der Waals surface area contributed by atoms with Crippen LogP contribution in [0.2, 0.25) is 0 Å².